The van der Waals surface area contributed by atoms with Crippen LogP contribution in [0.2, 0.25) is 0 Å². The smallest absolute Gasteiger partial charge is 0.224 e. The highest BCUT2D eigenvalue weighted by atomic mass is 16.3. The molecule has 0 aromatic heterocycles. The van der Waals surface area contributed by atoms with Gasteiger partial charge in [0.05, 0.1) is 18.1 Å². The summed E-state index contributed by atoms with van der Waals surface area (Å²) in [6, 6.07) is 2.12. The van der Waals surface area contributed by atoms with Crippen LogP contribution in [0.1, 0.15) is 26.2 Å². The zero-order valence-corrected chi connectivity index (χ0v) is 10.4. The van der Waals surface area contributed by atoms with Crippen LogP contribution in [0.4, 0.5) is 0 Å². The maximum atomic E-state index is 11.8. The molecule has 2 atom stereocenters. The Morgan fingerprint density at radius 1 is 1.71 bits per heavy atom. The number of carbonyl (C=O) groups is 1. The lowest BCUT2D eigenvalue weighted by molar-refractivity contribution is -0.127. The van der Waals surface area contributed by atoms with Gasteiger partial charge in [-0.25, -0.2) is 0 Å². The molecule has 0 aromatic carbocycles. The predicted octanol–water partition coefficient (Wildman–Crippen LogP) is 0.109. The van der Waals surface area contributed by atoms with Crippen molar-refractivity contribution in [3.63, 3.8) is 0 Å². The molecule has 0 radical (unpaired) electrons. The first kappa shape index (κ1) is 13.9. The number of piperidine rings is 1. The van der Waals surface area contributed by atoms with Gasteiger partial charge in [-0.15, -0.1) is 0 Å². The Morgan fingerprint density at radius 3 is 3.12 bits per heavy atom. The third-order valence-corrected chi connectivity index (χ3v) is 2.99. The Morgan fingerprint density at radius 2 is 2.47 bits per heavy atom. The molecule has 1 amide bonds. The highest BCUT2D eigenvalue weighted by Crippen LogP contribution is 2.16. The molecule has 5 nitrogen and oxygen atoms in total. The molecule has 17 heavy (non-hydrogen) atoms. The van der Waals surface area contributed by atoms with Crippen LogP contribution in [0, 0.1) is 17.2 Å². The molecule has 5 heteroatoms. The third-order valence-electron chi connectivity index (χ3n) is 2.99. The molecule has 2 N–H and O–H groups in total. The summed E-state index contributed by atoms with van der Waals surface area (Å²) >= 11 is 0. The van der Waals surface area contributed by atoms with Crippen molar-refractivity contribution in [1.29, 1.82) is 5.26 Å². The van der Waals surface area contributed by atoms with Crippen LogP contribution >= 0.6 is 0 Å². The minimum Gasteiger partial charge on any atom is -0.392 e. The van der Waals surface area contributed by atoms with E-state index < -0.39 is 6.10 Å². The predicted molar refractivity (Wildman–Crippen MR) is 64.1 cm³/mol. The molecular weight excluding hydrogens is 218 g/mol. The van der Waals surface area contributed by atoms with E-state index in [2.05, 4.69) is 16.3 Å². The van der Waals surface area contributed by atoms with Crippen LogP contribution < -0.4 is 5.32 Å². The van der Waals surface area contributed by atoms with Crippen molar-refractivity contribution >= 4 is 5.91 Å². The molecule has 1 aliphatic heterocycles. The Hall–Kier alpha value is -1.12. The van der Waals surface area contributed by atoms with E-state index in [1.165, 1.54) is 0 Å². The fraction of sp³-hybridized carbons (Fsp3) is 0.833. The number of nitrogens with zero attached hydrogens (tertiary/aromatic N) is 2. The number of hydrogen-bond donors (Lipinski definition) is 2. The second kappa shape index (κ2) is 7.25. The number of amides is 1. The first-order valence-corrected chi connectivity index (χ1v) is 6.18. The van der Waals surface area contributed by atoms with Gasteiger partial charge in [-0.05, 0) is 26.3 Å². The molecule has 1 rings (SSSR count). The zero-order chi connectivity index (χ0) is 12.7. The SMILES string of the molecule is CC(O)CNC(=O)C1CCCN(CCC#N)C1. The molecule has 0 saturated carbocycles. The molecule has 0 aliphatic carbocycles. The van der Waals surface area contributed by atoms with E-state index in [0.717, 1.165) is 32.5 Å². The van der Waals surface area contributed by atoms with Gasteiger partial charge in [-0.3, -0.25) is 4.79 Å². The van der Waals surface area contributed by atoms with Gasteiger partial charge in [-0.2, -0.15) is 5.26 Å². The normalized spacial score (nSPS) is 22.8. The van der Waals surface area contributed by atoms with E-state index >= 15 is 0 Å². The summed E-state index contributed by atoms with van der Waals surface area (Å²) in [7, 11) is 0. The zero-order valence-electron chi connectivity index (χ0n) is 10.4. The largest absolute Gasteiger partial charge is 0.392 e. The van der Waals surface area contributed by atoms with Crippen LogP contribution in [0.3, 0.4) is 0 Å². The average molecular weight is 239 g/mol. The number of nitrogens with one attached hydrogen (secondary N) is 1. The maximum Gasteiger partial charge on any atom is 0.224 e. The van der Waals surface area contributed by atoms with Gasteiger partial charge in [0.2, 0.25) is 5.91 Å². The summed E-state index contributed by atoms with van der Waals surface area (Å²) in [6.07, 6.45) is 1.91. The van der Waals surface area contributed by atoms with E-state index in [1.54, 1.807) is 6.92 Å². The Kier molecular flexibility index (Phi) is 5.95. The van der Waals surface area contributed by atoms with E-state index in [0.29, 0.717) is 13.0 Å². The summed E-state index contributed by atoms with van der Waals surface area (Å²) in [5, 5.41) is 20.4. The van der Waals surface area contributed by atoms with Crippen LogP contribution in [0.25, 0.3) is 0 Å². The van der Waals surface area contributed by atoms with Crippen molar-refractivity contribution in [1.82, 2.24) is 10.2 Å². The highest BCUT2D eigenvalue weighted by Gasteiger charge is 2.25. The van der Waals surface area contributed by atoms with Crippen molar-refractivity contribution in [2.24, 2.45) is 5.92 Å². The monoisotopic (exact) mass is 239 g/mol. The standard InChI is InChI=1S/C12H21N3O2/c1-10(16)8-14-12(17)11-4-2-6-15(9-11)7-3-5-13/h10-11,16H,2-4,6-9H2,1H3,(H,14,17). The van der Waals surface area contributed by atoms with Crippen LogP contribution in [0.15, 0.2) is 0 Å². The molecular formula is C12H21N3O2. The van der Waals surface area contributed by atoms with Crippen molar-refractivity contribution in [2.75, 3.05) is 26.2 Å². The molecule has 1 fully saturated rings. The number of aliphatic hydroxyl groups excluding tert-OH is 1. The molecule has 0 aromatic rings. The van der Waals surface area contributed by atoms with Crippen molar-refractivity contribution in [3.05, 3.63) is 0 Å². The Labute approximate surface area is 102 Å². The van der Waals surface area contributed by atoms with Gasteiger partial charge < -0.3 is 15.3 Å². The molecule has 96 valence electrons. The molecule has 2 unspecified atom stereocenters. The number of hydrogen-bond acceptors (Lipinski definition) is 4. The highest BCUT2D eigenvalue weighted by molar-refractivity contribution is 5.78. The summed E-state index contributed by atoms with van der Waals surface area (Å²) < 4.78 is 0. The summed E-state index contributed by atoms with van der Waals surface area (Å²) in [5.41, 5.74) is 0. The molecule has 1 saturated heterocycles. The number of carbonyl (C=O) groups excluding carboxylic acids is 1. The minimum absolute atomic E-state index is 0.00110. The number of likely N-dealkylation sites (tertiary alicyclic amines) is 1. The number of aliphatic hydroxyl groups is 1. The van der Waals surface area contributed by atoms with Gasteiger partial charge in [0, 0.05) is 26.1 Å². The van der Waals surface area contributed by atoms with Crippen molar-refractivity contribution in [2.45, 2.75) is 32.3 Å². The van der Waals surface area contributed by atoms with Crippen LogP contribution in [-0.2, 0) is 4.79 Å². The fourth-order valence-electron chi connectivity index (χ4n) is 2.07. The summed E-state index contributed by atoms with van der Waals surface area (Å²) in [6.45, 7) is 4.42. The van der Waals surface area contributed by atoms with E-state index in [4.69, 9.17) is 10.4 Å². The lowest BCUT2D eigenvalue weighted by Gasteiger charge is -2.31. The van der Waals surface area contributed by atoms with Gasteiger partial charge in [0.1, 0.15) is 0 Å². The van der Waals surface area contributed by atoms with Crippen molar-refractivity contribution in [3.8, 4) is 6.07 Å². The molecule has 1 heterocycles. The second-order valence-electron chi connectivity index (χ2n) is 4.64. The van der Waals surface area contributed by atoms with Gasteiger partial charge >= 0.3 is 0 Å². The molecule has 1 aliphatic rings. The second-order valence-corrected chi connectivity index (χ2v) is 4.64. The summed E-state index contributed by atoms with van der Waals surface area (Å²) in [5.74, 6) is 0.0220. The van der Waals surface area contributed by atoms with Crippen LogP contribution in [0.5, 0.6) is 0 Å². The number of rotatable bonds is 5. The Balaban J connectivity index is 2.33. The first-order chi connectivity index (χ1) is 8.13. The van der Waals surface area contributed by atoms with Gasteiger partial charge in [0.15, 0.2) is 0 Å². The van der Waals surface area contributed by atoms with Crippen molar-refractivity contribution < 1.29 is 9.90 Å². The van der Waals surface area contributed by atoms with Gasteiger partial charge in [-0.1, -0.05) is 0 Å². The van der Waals surface area contributed by atoms with E-state index in [-0.39, 0.29) is 11.8 Å². The number of nitriles is 1. The lowest BCUT2D eigenvalue weighted by Crippen LogP contribution is -2.44. The lowest BCUT2D eigenvalue weighted by atomic mass is 9.97. The quantitative estimate of drug-likeness (QED) is 0.714. The van der Waals surface area contributed by atoms with E-state index in [1.807, 2.05) is 0 Å². The van der Waals surface area contributed by atoms with Gasteiger partial charge in [0.25, 0.3) is 0 Å². The third kappa shape index (κ3) is 5.16. The Bertz CT molecular complexity index is 286. The minimum atomic E-state index is -0.503. The first-order valence-electron chi connectivity index (χ1n) is 6.18. The average Bonchev–Trinajstić information content (AvgIpc) is 2.33. The molecule has 0 spiro atoms. The fourth-order valence-corrected chi connectivity index (χ4v) is 2.07. The van der Waals surface area contributed by atoms with Crippen LogP contribution in [-0.4, -0.2) is 48.2 Å². The van der Waals surface area contributed by atoms with E-state index in [9.17, 15) is 4.79 Å². The maximum absolute atomic E-state index is 11.8. The molecule has 0 bridgehead atoms. The summed E-state index contributed by atoms with van der Waals surface area (Å²) in [4.78, 5) is 14.0. The topological polar surface area (TPSA) is 76.4 Å².